The van der Waals surface area contributed by atoms with Crippen LogP contribution in [-0.2, 0) is 4.79 Å². The van der Waals surface area contributed by atoms with Crippen molar-refractivity contribution < 1.29 is 14.4 Å². The van der Waals surface area contributed by atoms with Gasteiger partial charge in [-0.1, -0.05) is 41.4 Å². The zero-order valence-corrected chi connectivity index (χ0v) is 16.6. The van der Waals surface area contributed by atoms with Gasteiger partial charge >= 0.3 is 0 Å². The summed E-state index contributed by atoms with van der Waals surface area (Å²) in [5.41, 5.74) is 2.24. The molecular formula is C22H23ClN2O3. The highest BCUT2D eigenvalue weighted by atomic mass is 35.5. The largest absolute Gasteiger partial charge is 0.339 e. The van der Waals surface area contributed by atoms with Crippen LogP contribution in [0, 0.1) is 6.92 Å². The quantitative estimate of drug-likeness (QED) is 0.723. The van der Waals surface area contributed by atoms with Crippen LogP contribution >= 0.6 is 11.6 Å². The number of aryl methyl sites for hydroxylation is 1. The number of rotatable bonds is 5. The lowest BCUT2D eigenvalue weighted by Crippen LogP contribution is -2.50. The van der Waals surface area contributed by atoms with Gasteiger partial charge in [-0.3, -0.25) is 14.4 Å². The second-order valence-electron chi connectivity index (χ2n) is 6.98. The Morgan fingerprint density at radius 2 is 1.50 bits per heavy atom. The van der Waals surface area contributed by atoms with Crippen LogP contribution in [0.2, 0.25) is 5.02 Å². The van der Waals surface area contributed by atoms with Crippen molar-refractivity contribution in [2.45, 2.75) is 19.8 Å². The number of hydrogen-bond acceptors (Lipinski definition) is 3. The monoisotopic (exact) mass is 398 g/mol. The minimum absolute atomic E-state index is 0.00747. The number of amides is 2. The number of benzene rings is 2. The van der Waals surface area contributed by atoms with Crippen LogP contribution in [0.5, 0.6) is 0 Å². The van der Waals surface area contributed by atoms with E-state index in [1.165, 1.54) is 0 Å². The van der Waals surface area contributed by atoms with Gasteiger partial charge in [0.2, 0.25) is 5.91 Å². The zero-order valence-electron chi connectivity index (χ0n) is 15.9. The van der Waals surface area contributed by atoms with Gasteiger partial charge in [-0.05, 0) is 31.2 Å². The molecule has 0 atom stereocenters. The molecule has 2 amide bonds. The van der Waals surface area contributed by atoms with Crippen LogP contribution in [0.4, 0.5) is 0 Å². The molecule has 1 saturated heterocycles. The first-order valence-electron chi connectivity index (χ1n) is 9.36. The minimum atomic E-state index is -0.0934. The first-order valence-corrected chi connectivity index (χ1v) is 9.74. The summed E-state index contributed by atoms with van der Waals surface area (Å²) in [5.74, 6) is -0.158. The predicted molar refractivity (Wildman–Crippen MR) is 109 cm³/mol. The maximum Gasteiger partial charge on any atom is 0.253 e. The van der Waals surface area contributed by atoms with Crippen LogP contribution in [0.3, 0.4) is 0 Å². The van der Waals surface area contributed by atoms with Gasteiger partial charge in [-0.25, -0.2) is 0 Å². The number of piperazine rings is 1. The Hall–Kier alpha value is -2.66. The number of nitrogens with zero attached hydrogens (tertiary/aromatic N) is 2. The number of hydrogen-bond donors (Lipinski definition) is 0. The molecular weight excluding hydrogens is 376 g/mol. The molecule has 2 aromatic rings. The Morgan fingerprint density at radius 1 is 0.857 bits per heavy atom. The summed E-state index contributed by atoms with van der Waals surface area (Å²) in [6.07, 6.45) is 0.318. The Labute approximate surface area is 169 Å². The molecule has 0 spiro atoms. The maximum atomic E-state index is 12.6. The van der Waals surface area contributed by atoms with E-state index >= 15 is 0 Å². The number of halogens is 1. The first kappa shape index (κ1) is 20.1. The third kappa shape index (κ3) is 4.98. The van der Waals surface area contributed by atoms with Crippen LogP contribution in [0.15, 0.2) is 48.5 Å². The van der Waals surface area contributed by atoms with Gasteiger partial charge in [-0.2, -0.15) is 0 Å². The van der Waals surface area contributed by atoms with Gasteiger partial charge in [0.1, 0.15) is 0 Å². The van der Waals surface area contributed by atoms with Crippen molar-refractivity contribution in [3.05, 3.63) is 70.2 Å². The number of ketones is 1. The van der Waals surface area contributed by atoms with E-state index in [-0.39, 0.29) is 30.4 Å². The number of carbonyl (C=O) groups is 3. The van der Waals surface area contributed by atoms with Crippen molar-refractivity contribution in [1.82, 2.24) is 9.80 Å². The fourth-order valence-corrected chi connectivity index (χ4v) is 3.49. The lowest BCUT2D eigenvalue weighted by molar-refractivity contribution is -0.132. The molecule has 0 unspecified atom stereocenters. The standard InChI is InChI=1S/C22H23ClN2O3/c1-16-4-2-6-18(14-16)22(28)25-12-10-24(11-13-25)21(27)9-8-20(26)17-5-3-7-19(23)15-17/h2-7,14-15H,8-13H2,1H3. The van der Waals surface area contributed by atoms with E-state index in [4.69, 9.17) is 11.6 Å². The van der Waals surface area contributed by atoms with E-state index in [9.17, 15) is 14.4 Å². The summed E-state index contributed by atoms with van der Waals surface area (Å²) >= 11 is 5.91. The molecule has 5 nitrogen and oxygen atoms in total. The van der Waals surface area contributed by atoms with Crippen molar-refractivity contribution in [2.75, 3.05) is 26.2 Å². The molecule has 0 radical (unpaired) electrons. The summed E-state index contributed by atoms with van der Waals surface area (Å²) in [6, 6.07) is 14.3. The van der Waals surface area contributed by atoms with Crippen molar-refractivity contribution >= 4 is 29.2 Å². The Kier molecular flexibility index (Phi) is 6.47. The second kappa shape index (κ2) is 9.02. The molecule has 0 saturated carbocycles. The van der Waals surface area contributed by atoms with Crippen molar-refractivity contribution in [1.29, 1.82) is 0 Å². The molecule has 6 heteroatoms. The van der Waals surface area contributed by atoms with E-state index in [1.54, 1.807) is 34.1 Å². The van der Waals surface area contributed by atoms with Gasteiger partial charge in [0.25, 0.3) is 5.91 Å². The highest BCUT2D eigenvalue weighted by Crippen LogP contribution is 2.15. The van der Waals surface area contributed by atoms with Crippen LogP contribution in [-0.4, -0.2) is 53.6 Å². The molecule has 0 bridgehead atoms. The predicted octanol–water partition coefficient (Wildman–Crippen LogP) is 3.60. The topological polar surface area (TPSA) is 57.7 Å². The maximum absolute atomic E-state index is 12.6. The van der Waals surface area contributed by atoms with Gasteiger partial charge in [0, 0.05) is 55.2 Å². The molecule has 0 aromatic heterocycles. The van der Waals surface area contributed by atoms with Crippen LogP contribution < -0.4 is 0 Å². The minimum Gasteiger partial charge on any atom is -0.339 e. The third-order valence-electron chi connectivity index (χ3n) is 4.90. The first-order chi connectivity index (χ1) is 13.4. The number of Topliss-reactive ketones (excluding diaryl/α,β-unsaturated/α-hetero) is 1. The molecule has 0 aliphatic carbocycles. The summed E-state index contributed by atoms with van der Waals surface area (Å²) < 4.78 is 0. The molecule has 0 N–H and O–H groups in total. The SMILES string of the molecule is Cc1cccc(C(=O)N2CCN(C(=O)CCC(=O)c3cccc(Cl)c3)CC2)c1. The Balaban J connectivity index is 1.48. The van der Waals surface area contributed by atoms with Crippen LogP contribution in [0.25, 0.3) is 0 Å². The second-order valence-corrected chi connectivity index (χ2v) is 7.41. The van der Waals surface area contributed by atoms with E-state index < -0.39 is 0 Å². The van der Waals surface area contributed by atoms with Gasteiger partial charge in [0.05, 0.1) is 0 Å². The molecule has 1 fully saturated rings. The highest BCUT2D eigenvalue weighted by Gasteiger charge is 2.25. The normalized spacial score (nSPS) is 14.1. The molecule has 28 heavy (non-hydrogen) atoms. The number of carbonyl (C=O) groups excluding carboxylic acids is 3. The van der Waals surface area contributed by atoms with Crippen LogP contribution in [0.1, 0.15) is 39.1 Å². The van der Waals surface area contributed by atoms with Crippen molar-refractivity contribution in [2.24, 2.45) is 0 Å². The molecule has 3 rings (SSSR count). The summed E-state index contributed by atoms with van der Waals surface area (Å²) in [4.78, 5) is 40.8. The zero-order chi connectivity index (χ0) is 20.1. The van der Waals surface area contributed by atoms with Gasteiger partial charge in [0.15, 0.2) is 5.78 Å². The average Bonchev–Trinajstić information content (AvgIpc) is 2.71. The van der Waals surface area contributed by atoms with Crippen molar-refractivity contribution in [3.63, 3.8) is 0 Å². The highest BCUT2D eigenvalue weighted by molar-refractivity contribution is 6.31. The van der Waals surface area contributed by atoms with E-state index in [0.29, 0.717) is 42.3 Å². The molecule has 146 valence electrons. The summed E-state index contributed by atoms with van der Waals surface area (Å²) in [5, 5.41) is 0.506. The lowest BCUT2D eigenvalue weighted by atomic mass is 10.1. The van der Waals surface area contributed by atoms with Gasteiger partial charge in [-0.15, -0.1) is 0 Å². The molecule has 1 heterocycles. The van der Waals surface area contributed by atoms with E-state index in [1.807, 2.05) is 31.2 Å². The Morgan fingerprint density at radius 3 is 2.18 bits per heavy atom. The Bertz CT molecular complexity index is 889. The van der Waals surface area contributed by atoms with E-state index in [2.05, 4.69) is 0 Å². The van der Waals surface area contributed by atoms with E-state index in [0.717, 1.165) is 5.56 Å². The molecule has 2 aromatic carbocycles. The summed E-state index contributed by atoms with van der Waals surface area (Å²) in [6.45, 7) is 3.93. The smallest absolute Gasteiger partial charge is 0.253 e. The average molecular weight is 399 g/mol. The van der Waals surface area contributed by atoms with Crippen molar-refractivity contribution in [3.8, 4) is 0 Å². The fourth-order valence-electron chi connectivity index (χ4n) is 3.30. The summed E-state index contributed by atoms with van der Waals surface area (Å²) in [7, 11) is 0. The van der Waals surface area contributed by atoms with Gasteiger partial charge < -0.3 is 9.80 Å². The molecule has 1 aliphatic heterocycles. The lowest BCUT2D eigenvalue weighted by Gasteiger charge is -2.35. The third-order valence-corrected chi connectivity index (χ3v) is 5.13. The fraction of sp³-hybridized carbons (Fsp3) is 0.318. The molecule has 1 aliphatic rings.